The zero-order valence-electron chi connectivity index (χ0n) is 19.0. The first-order chi connectivity index (χ1) is 16.2. The maximum Gasteiger partial charge on any atom is 0.404 e. The van der Waals surface area contributed by atoms with Crippen LogP contribution < -0.4 is 26.4 Å². The first-order valence-corrected chi connectivity index (χ1v) is 10.5. The van der Waals surface area contributed by atoms with Gasteiger partial charge in [0.05, 0.1) is 24.1 Å². The van der Waals surface area contributed by atoms with Crippen LogP contribution in [0.5, 0.6) is 5.88 Å². The molecule has 2 aromatic rings. The van der Waals surface area contributed by atoms with Crippen LogP contribution in [0.1, 0.15) is 37.0 Å². The van der Waals surface area contributed by atoms with Gasteiger partial charge in [0.1, 0.15) is 12.4 Å². The van der Waals surface area contributed by atoms with Crippen molar-refractivity contribution in [2.24, 2.45) is 5.73 Å². The summed E-state index contributed by atoms with van der Waals surface area (Å²) < 4.78 is 39.0. The Morgan fingerprint density at radius 2 is 1.94 bits per heavy atom. The third kappa shape index (κ3) is 7.40. The van der Waals surface area contributed by atoms with Crippen molar-refractivity contribution in [1.82, 2.24) is 15.3 Å². The Kier molecular flexibility index (Phi) is 9.74. The molecule has 2 atom stereocenters. The van der Waals surface area contributed by atoms with Crippen LogP contribution in [-0.4, -0.2) is 59.5 Å². The van der Waals surface area contributed by atoms with E-state index < -0.39 is 35.7 Å². The molecule has 2 amide bonds. The van der Waals surface area contributed by atoms with Crippen LogP contribution in [0.2, 0.25) is 0 Å². The molecule has 0 fully saturated rings. The van der Waals surface area contributed by atoms with Crippen LogP contribution >= 0.6 is 0 Å². The van der Waals surface area contributed by atoms with Crippen LogP contribution in [-0.2, 0) is 4.74 Å². The Hall–Kier alpha value is -3.74. The second kappa shape index (κ2) is 12.5. The van der Waals surface area contributed by atoms with Crippen molar-refractivity contribution < 1.29 is 33.0 Å². The summed E-state index contributed by atoms with van der Waals surface area (Å²) in [5.74, 6) is -3.22. The molecule has 0 unspecified atom stereocenters. The van der Waals surface area contributed by atoms with Crippen LogP contribution in [0.4, 0.5) is 30.9 Å². The second-order valence-electron chi connectivity index (χ2n) is 7.33. The summed E-state index contributed by atoms with van der Waals surface area (Å²) in [6.07, 6.45) is 1.20. The molecular formula is C21H28F2N6O5. The molecule has 0 bridgehead atoms. The lowest BCUT2D eigenvalue weighted by molar-refractivity contribution is 0.1000. The Labute approximate surface area is 195 Å². The smallest absolute Gasteiger partial charge is 0.404 e. The first-order valence-electron chi connectivity index (χ1n) is 10.5. The molecule has 6 N–H and O–H groups in total. The lowest BCUT2D eigenvalue weighted by Gasteiger charge is -2.26. The zero-order chi connectivity index (χ0) is 25.3. The maximum absolute atomic E-state index is 14.7. The quantitative estimate of drug-likeness (QED) is 0.270. The molecule has 2 rings (SSSR count). The number of carboxylic acid groups (broad SMARTS) is 1. The molecule has 0 aliphatic heterocycles. The summed E-state index contributed by atoms with van der Waals surface area (Å²) in [5.41, 5.74) is 5.19. The molecule has 0 saturated heterocycles. The molecule has 13 heteroatoms. The summed E-state index contributed by atoms with van der Waals surface area (Å²) in [6, 6.07) is 0.883. The lowest BCUT2D eigenvalue weighted by atomic mass is 10.0. The van der Waals surface area contributed by atoms with E-state index in [9.17, 15) is 18.4 Å². The van der Waals surface area contributed by atoms with Gasteiger partial charge >= 0.3 is 6.09 Å². The predicted octanol–water partition coefficient (Wildman–Crippen LogP) is 2.86. The van der Waals surface area contributed by atoms with Gasteiger partial charge in [-0.15, -0.1) is 0 Å². The number of hydrogen-bond acceptors (Lipinski definition) is 8. The van der Waals surface area contributed by atoms with Crippen molar-refractivity contribution >= 4 is 29.3 Å². The van der Waals surface area contributed by atoms with Gasteiger partial charge in [0.15, 0.2) is 17.5 Å². The minimum absolute atomic E-state index is 0.0989. The fourth-order valence-corrected chi connectivity index (χ4v) is 3.06. The number of nitrogens with zero attached hydrogens (tertiary/aromatic N) is 2. The number of hydrogen-bond donors (Lipinski definition) is 5. The largest absolute Gasteiger partial charge is 0.473 e. The zero-order valence-corrected chi connectivity index (χ0v) is 19.0. The fraction of sp³-hybridized carbons (Fsp3) is 0.429. The average molecular weight is 482 g/mol. The van der Waals surface area contributed by atoms with E-state index in [1.165, 1.54) is 13.3 Å². The number of halogens is 2. The van der Waals surface area contributed by atoms with E-state index in [4.69, 9.17) is 20.3 Å². The topological polar surface area (TPSA) is 161 Å². The van der Waals surface area contributed by atoms with Gasteiger partial charge in [-0.2, -0.15) is 0 Å². The van der Waals surface area contributed by atoms with Gasteiger partial charge in [-0.3, -0.25) is 4.79 Å². The molecule has 186 valence electrons. The monoisotopic (exact) mass is 482 g/mol. The minimum atomic E-state index is -1.22. The molecule has 0 aliphatic rings. The molecule has 2 aromatic heterocycles. The number of rotatable bonds is 13. The van der Waals surface area contributed by atoms with Gasteiger partial charge in [-0.05, 0) is 19.4 Å². The third-order valence-corrected chi connectivity index (χ3v) is 4.71. The Morgan fingerprint density at radius 3 is 2.53 bits per heavy atom. The highest BCUT2D eigenvalue weighted by Crippen LogP contribution is 2.26. The van der Waals surface area contributed by atoms with E-state index in [0.717, 1.165) is 12.1 Å². The summed E-state index contributed by atoms with van der Waals surface area (Å²) in [5, 5.41) is 16.9. The number of nitrogens with one attached hydrogen (secondary N) is 3. The van der Waals surface area contributed by atoms with Crippen LogP contribution in [0.3, 0.4) is 0 Å². The molecule has 34 heavy (non-hydrogen) atoms. The van der Waals surface area contributed by atoms with Gasteiger partial charge in [-0.1, -0.05) is 13.3 Å². The molecular weight excluding hydrogens is 454 g/mol. The van der Waals surface area contributed by atoms with Gasteiger partial charge in [-0.25, -0.2) is 23.5 Å². The van der Waals surface area contributed by atoms with Crippen molar-refractivity contribution in [2.45, 2.75) is 38.8 Å². The number of pyridine rings is 2. The Morgan fingerprint density at radius 1 is 1.21 bits per heavy atom. The number of ether oxygens (including phenoxy) is 2. The standard InChI is InChI=1S/C21H28F2N6O5/c1-4-5-16(11(2)26-21(31)32)28-19-14(22)9-13(17(24)30)18(29-19)27-12-8-15(23)20(25-10-12)34-7-6-33-3/h8-11,16,26H,4-7H2,1-3H3,(H2,24,30)(H,31,32)(H2,27,28,29)/t11-,16-/m0/s1. The SMILES string of the molecule is CCC[C@H](Nc1nc(Nc2cnc(OCCOC)c(F)c2)c(C(N)=O)cc1F)[C@H](C)NC(=O)O. The van der Waals surface area contributed by atoms with Crippen molar-refractivity contribution in [2.75, 3.05) is 31.0 Å². The summed E-state index contributed by atoms with van der Waals surface area (Å²) >= 11 is 0. The molecule has 0 saturated carbocycles. The van der Waals surface area contributed by atoms with E-state index in [0.29, 0.717) is 12.8 Å². The molecule has 11 nitrogen and oxygen atoms in total. The van der Waals surface area contributed by atoms with Gasteiger partial charge < -0.3 is 36.3 Å². The molecule has 2 heterocycles. The van der Waals surface area contributed by atoms with E-state index in [-0.39, 0.29) is 42.0 Å². The van der Waals surface area contributed by atoms with Crippen molar-refractivity contribution in [1.29, 1.82) is 0 Å². The number of carbonyl (C=O) groups is 2. The number of amides is 2. The fourth-order valence-electron chi connectivity index (χ4n) is 3.06. The molecule has 0 spiro atoms. The Bertz CT molecular complexity index is 1010. The summed E-state index contributed by atoms with van der Waals surface area (Å²) in [4.78, 5) is 30.8. The predicted molar refractivity (Wildman–Crippen MR) is 121 cm³/mol. The maximum atomic E-state index is 14.7. The molecule has 0 aliphatic carbocycles. The van der Waals surface area contributed by atoms with E-state index in [1.807, 2.05) is 6.92 Å². The highest BCUT2D eigenvalue weighted by atomic mass is 19.1. The second-order valence-corrected chi connectivity index (χ2v) is 7.33. The average Bonchev–Trinajstić information content (AvgIpc) is 2.76. The van der Waals surface area contributed by atoms with Crippen molar-refractivity contribution in [3.05, 3.63) is 35.5 Å². The van der Waals surface area contributed by atoms with E-state index >= 15 is 0 Å². The van der Waals surface area contributed by atoms with Gasteiger partial charge in [0.25, 0.3) is 11.8 Å². The van der Waals surface area contributed by atoms with Crippen molar-refractivity contribution in [3.63, 3.8) is 0 Å². The normalized spacial score (nSPS) is 12.5. The van der Waals surface area contributed by atoms with Gasteiger partial charge in [0, 0.05) is 25.3 Å². The number of methoxy groups -OCH3 is 1. The van der Waals surface area contributed by atoms with Gasteiger partial charge in [0.2, 0.25) is 0 Å². The minimum Gasteiger partial charge on any atom is -0.473 e. The molecule has 0 aromatic carbocycles. The third-order valence-electron chi connectivity index (χ3n) is 4.71. The summed E-state index contributed by atoms with van der Waals surface area (Å²) in [6.45, 7) is 3.86. The van der Waals surface area contributed by atoms with E-state index in [2.05, 4.69) is 25.9 Å². The highest BCUT2D eigenvalue weighted by molar-refractivity contribution is 5.98. The molecule has 0 radical (unpaired) electrons. The number of aromatic nitrogens is 2. The van der Waals surface area contributed by atoms with Crippen LogP contribution in [0, 0.1) is 11.6 Å². The van der Waals surface area contributed by atoms with Crippen LogP contribution in [0.25, 0.3) is 0 Å². The number of carbonyl (C=O) groups excluding carboxylic acids is 1. The number of anilines is 3. The van der Waals surface area contributed by atoms with Crippen molar-refractivity contribution in [3.8, 4) is 5.88 Å². The number of nitrogens with two attached hydrogens (primary N) is 1. The first kappa shape index (κ1) is 26.5. The number of primary amides is 1. The van der Waals surface area contributed by atoms with Crippen LogP contribution in [0.15, 0.2) is 18.3 Å². The summed E-state index contributed by atoms with van der Waals surface area (Å²) in [7, 11) is 1.48. The highest BCUT2D eigenvalue weighted by Gasteiger charge is 2.23. The lowest BCUT2D eigenvalue weighted by Crippen LogP contribution is -2.44. The Balaban J connectivity index is 2.33. The van der Waals surface area contributed by atoms with E-state index in [1.54, 1.807) is 6.92 Å².